The number of aromatic nitrogens is 2. The molecule has 0 radical (unpaired) electrons. The number of hydrogen-bond donors (Lipinski definition) is 2. The van der Waals surface area contributed by atoms with Crippen LogP contribution < -0.4 is 10.6 Å². The summed E-state index contributed by atoms with van der Waals surface area (Å²) in [6.07, 6.45) is -3.51. The number of hydrogen-bond acceptors (Lipinski definition) is 3. The highest BCUT2D eigenvalue weighted by Gasteiger charge is 2.47. The number of carbonyl (C=O) groups is 1. The van der Waals surface area contributed by atoms with Gasteiger partial charge in [-0.15, -0.1) is 0 Å². The number of halogens is 3. The molecule has 2 N–H and O–H groups in total. The molecule has 35 heavy (non-hydrogen) atoms. The number of benzene rings is 3. The molecule has 8 heteroatoms. The van der Waals surface area contributed by atoms with Crippen LogP contribution in [-0.4, -0.2) is 21.9 Å². The molecule has 3 aromatic carbocycles. The standard InChI is InChI=1S/C27H25F3N4O/c1-26(2,21-14-8-12-17-9-6-7-13-19(17)21)33-25(35)20-16-31-34-23(27(28,29)30)15-22(32-24(20)34)18-10-4-3-5-11-18/h3-14,16,22-23,32H,15H2,1-2H3,(H,33,35). The molecule has 1 aliphatic heterocycles. The van der Waals surface area contributed by atoms with E-state index < -0.39 is 29.7 Å². The van der Waals surface area contributed by atoms with Gasteiger partial charge in [0.25, 0.3) is 5.91 Å². The zero-order valence-electron chi connectivity index (χ0n) is 19.3. The van der Waals surface area contributed by atoms with E-state index in [-0.39, 0.29) is 17.8 Å². The van der Waals surface area contributed by atoms with E-state index in [0.29, 0.717) is 0 Å². The molecule has 5 nitrogen and oxygen atoms in total. The smallest absolute Gasteiger partial charge is 0.363 e. The van der Waals surface area contributed by atoms with Crippen LogP contribution in [0, 0.1) is 0 Å². The fraction of sp³-hybridized carbons (Fsp3) is 0.259. The highest BCUT2D eigenvalue weighted by molar-refractivity contribution is 6.00. The van der Waals surface area contributed by atoms with Crippen molar-refractivity contribution in [3.05, 3.63) is 95.7 Å². The molecule has 2 unspecified atom stereocenters. The van der Waals surface area contributed by atoms with E-state index >= 15 is 0 Å². The predicted octanol–water partition coefficient (Wildman–Crippen LogP) is 6.36. The lowest BCUT2D eigenvalue weighted by atomic mass is 9.89. The van der Waals surface area contributed by atoms with Gasteiger partial charge in [0.15, 0.2) is 6.04 Å². The Morgan fingerprint density at radius 1 is 1.00 bits per heavy atom. The van der Waals surface area contributed by atoms with E-state index in [1.807, 2.05) is 62.4 Å². The van der Waals surface area contributed by atoms with Gasteiger partial charge in [-0.1, -0.05) is 72.8 Å². The summed E-state index contributed by atoms with van der Waals surface area (Å²) in [5, 5.41) is 12.2. The number of nitrogens with one attached hydrogen (secondary N) is 2. The van der Waals surface area contributed by atoms with Gasteiger partial charge in [-0.25, -0.2) is 4.68 Å². The van der Waals surface area contributed by atoms with Gasteiger partial charge in [0.05, 0.1) is 17.8 Å². The molecule has 0 saturated carbocycles. The summed E-state index contributed by atoms with van der Waals surface area (Å²) >= 11 is 0. The number of fused-ring (bicyclic) bond motifs is 2. The molecular weight excluding hydrogens is 453 g/mol. The van der Waals surface area contributed by atoms with E-state index in [1.54, 1.807) is 24.3 Å². The summed E-state index contributed by atoms with van der Waals surface area (Å²) in [5.74, 6) is -0.426. The Kier molecular flexibility index (Phi) is 5.54. The minimum Gasteiger partial charge on any atom is -0.363 e. The lowest BCUT2D eigenvalue weighted by Crippen LogP contribution is -2.42. The Bertz CT molecular complexity index is 1370. The molecule has 0 bridgehead atoms. The first-order chi connectivity index (χ1) is 16.6. The molecular formula is C27H25F3N4O. The molecule has 1 amide bonds. The number of amides is 1. The number of rotatable bonds is 4. The van der Waals surface area contributed by atoms with Crippen LogP contribution in [-0.2, 0) is 5.54 Å². The predicted molar refractivity (Wildman–Crippen MR) is 129 cm³/mol. The molecule has 1 aromatic heterocycles. The van der Waals surface area contributed by atoms with Crippen LogP contribution in [0.2, 0.25) is 0 Å². The number of carbonyl (C=O) groups excluding carboxylic acids is 1. The lowest BCUT2D eigenvalue weighted by Gasteiger charge is -2.34. The maximum absolute atomic E-state index is 14.0. The van der Waals surface area contributed by atoms with E-state index in [4.69, 9.17) is 0 Å². The maximum atomic E-state index is 14.0. The van der Waals surface area contributed by atoms with Crippen LogP contribution in [0.5, 0.6) is 0 Å². The molecule has 0 fully saturated rings. The fourth-order valence-electron chi connectivity index (χ4n) is 4.82. The normalized spacial score (nSPS) is 18.1. The third-order valence-electron chi connectivity index (χ3n) is 6.57. The van der Waals surface area contributed by atoms with Crippen molar-refractivity contribution in [2.24, 2.45) is 0 Å². The summed E-state index contributed by atoms with van der Waals surface area (Å²) in [5.41, 5.74) is 0.919. The minimum atomic E-state index is -4.51. The number of alkyl halides is 3. The Hall–Kier alpha value is -3.81. The molecule has 2 heterocycles. The molecule has 0 saturated heterocycles. The van der Waals surface area contributed by atoms with E-state index in [9.17, 15) is 18.0 Å². The molecule has 4 aromatic rings. The van der Waals surface area contributed by atoms with Crippen LogP contribution in [0.4, 0.5) is 19.0 Å². The van der Waals surface area contributed by atoms with Gasteiger partial charge >= 0.3 is 6.18 Å². The highest BCUT2D eigenvalue weighted by atomic mass is 19.4. The van der Waals surface area contributed by atoms with Gasteiger partial charge in [0.1, 0.15) is 11.4 Å². The molecule has 5 rings (SSSR count). The fourth-order valence-corrected chi connectivity index (χ4v) is 4.82. The van der Waals surface area contributed by atoms with Crippen LogP contribution in [0.25, 0.3) is 10.8 Å². The van der Waals surface area contributed by atoms with E-state index in [1.165, 1.54) is 6.20 Å². The Morgan fingerprint density at radius 2 is 1.69 bits per heavy atom. The molecule has 0 aliphatic carbocycles. The Morgan fingerprint density at radius 3 is 2.43 bits per heavy atom. The second-order valence-electron chi connectivity index (χ2n) is 9.36. The van der Waals surface area contributed by atoms with Crippen LogP contribution in [0.1, 0.15) is 53.8 Å². The topological polar surface area (TPSA) is 59.0 Å². The highest BCUT2D eigenvalue weighted by Crippen LogP contribution is 2.44. The SMILES string of the molecule is CC(C)(NC(=O)c1cnn2c1NC(c1ccccc1)CC2C(F)(F)F)c1cccc2ccccc12. The maximum Gasteiger partial charge on any atom is 0.410 e. The van der Waals surface area contributed by atoms with Crippen molar-refractivity contribution < 1.29 is 18.0 Å². The van der Waals surface area contributed by atoms with Gasteiger partial charge < -0.3 is 10.6 Å². The van der Waals surface area contributed by atoms with Crippen LogP contribution >= 0.6 is 0 Å². The van der Waals surface area contributed by atoms with Gasteiger partial charge in [0, 0.05) is 6.42 Å². The molecule has 2 atom stereocenters. The van der Waals surface area contributed by atoms with Crippen LogP contribution in [0.15, 0.2) is 79.0 Å². The van der Waals surface area contributed by atoms with Crippen LogP contribution in [0.3, 0.4) is 0 Å². The van der Waals surface area contributed by atoms with Crippen molar-refractivity contribution in [3.8, 4) is 0 Å². The van der Waals surface area contributed by atoms with Gasteiger partial charge in [-0.2, -0.15) is 18.3 Å². The summed E-state index contributed by atoms with van der Waals surface area (Å²) in [4.78, 5) is 13.4. The Labute approximate surface area is 201 Å². The largest absolute Gasteiger partial charge is 0.410 e. The quantitative estimate of drug-likeness (QED) is 0.359. The van der Waals surface area contributed by atoms with Crippen molar-refractivity contribution in [1.82, 2.24) is 15.1 Å². The van der Waals surface area contributed by atoms with E-state index in [2.05, 4.69) is 15.7 Å². The first kappa shape index (κ1) is 23.0. The van der Waals surface area contributed by atoms with Crippen molar-refractivity contribution in [3.63, 3.8) is 0 Å². The molecule has 1 aliphatic rings. The molecule has 180 valence electrons. The number of nitrogens with zero attached hydrogens (tertiary/aromatic N) is 2. The van der Waals surface area contributed by atoms with Gasteiger partial charge in [-0.3, -0.25) is 4.79 Å². The van der Waals surface area contributed by atoms with E-state index in [0.717, 1.165) is 26.6 Å². The molecule has 0 spiro atoms. The van der Waals surface area contributed by atoms with Gasteiger partial charge in [-0.05, 0) is 35.7 Å². The summed E-state index contributed by atoms with van der Waals surface area (Å²) in [6, 6.07) is 20.2. The van der Waals surface area contributed by atoms with Crippen molar-refractivity contribution in [1.29, 1.82) is 0 Å². The summed E-state index contributed by atoms with van der Waals surface area (Å²) in [6.45, 7) is 3.75. The Balaban J connectivity index is 1.50. The van der Waals surface area contributed by atoms with Crippen molar-refractivity contribution >= 4 is 22.5 Å². The third-order valence-corrected chi connectivity index (χ3v) is 6.57. The summed E-state index contributed by atoms with van der Waals surface area (Å²) in [7, 11) is 0. The summed E-state index contributed by atoms with van der Waals surface area (Å²) < 4.78 is 42.8. The number of anilines is 1. The average molecular weight is 479 g/mol. The average Bonchev–Trinajstić information content (AvgIpc) is 3.27. The first-order valence-electron chi connectivity index (χ1n) is 11.4. The zero-order valence-corrected chi connectivity index (χ0v) is 19.3. The third kappa shape index (κ3) is 4.24. The van der Waals surface area contributed by atoms with Gasteiger partial charge in [0.2, 0.25) is 0 Å². The second-order valence-corrected chi connectivity index (χ2v) is 9.36. The second kappa shape index (κ2) is 8.45. The van der Waals surface area contributed by atoms with Crippen molar-refractivity contribution in [2.45, 2.75) is 44.1 Å². The minimum absolute atomic E-state index is 0.0682. The van der Waals surface area contributed by atoms with Crippen molar-refractivity contribution in [2.75, 3.05) is 5.32 Å². The zero-order chi connectivity index (χ0) is 24.8. The lowest BCUT2D eigenvalue weighted by molar-refractivity contribution is -0.173. The monoisotopic (exact) mass is 478 g/mol. The first-order valence-corrected chi connectivity index (χ1v) is 11.4.